The maximum absolute atomic E-state index is 5.43. The molecule has 29 heavy (non-hydrogen) atoms. The molecule has 0 amide bonds. The van der Waals surface area contributed by atoms with Crippen LogP contribution in [-0.2, 0) is 10.5 Å². The van der Waals surface area contributed by atoms with E-state index in [4.69, 9.17) is 9.47 Å². The molecule has 0 N–H and O–H groups in total. The van der Waals surface area contributed by atoms with E-state index in [0.717, 1.165) is 31.0 Å². The zero-order valence-corrected chi connectivity index (χ0v) is 19.5. The van der Waals surface area contributed by atoms with Gasteiger partial charge in [0.25, 0.3) is 0 Å². The van der Waals surface area contributed by atoms with Crippen LogP contribution >= 0.6 is 23.5 Å². The minimum Gasteiger partial charge on any atom is -0.493 e. The summed E-state index contributed by atoms with van der Waals surface area (Å²) in [5.41, 5.74) is 2.77. The van der Waals surface area contributed by atoms with Crippen molar-refractivity contribution in [3.05, 3.63) is 59.7 Å². The molecule has 5 heteroatoms. The highest BCUT2D eigenvalue weighted by Crippen LogP contribution is 2.53. The maximum Gasteiger partial charge on any atom is 0.160 e. The van der Waals surface area contributed by atoms with Crippen LogP contribution < -0.4 is 9.47 Å². The van der Waals surface area contributed by atoms with Crippen molar-refractivity contribution in [2.24, 2.45) is 0 Å². The van der Waals surface area contributed by atoms with E-state index in [0.29, 0.717) is 0 Å². The molecule has 3 rings (SSSR count). The quantitative estimate of drug-likeness (QED) is 0.481. The molecule has 2 aromatic rings. The van der Waals surface area contributed by atoms with Crippen molar-refractivity contribution in [3.8, 4) is 11.5 Å². The molecule has 158 valence electrons. The zero-order chi connectivity index (χ0) is 20.5. The predicted octanol–water partition coefficient (Wildman–Crippen LogP) is 5.68. The van der Waals surface area contributed by atoms with E-state index in [1.165, 1.54) is 41.9 Å². The average molecular weight is 432 g/mol. The fraction of sp³-hybridized carbons (Fsp3) is 0.500. The highest BCUT2D eigenvalue weighted by atomic mass is 32.2. The fourth-order valence-electron chi connectivity index (χ4n) is 3.77. The third kappa shape index (κ3) is 6.09. The topological polar surface area (TPSA) is 21.7 Å². The molecule has 3 nitrogen and oxygen atoms in total. The highest BCUT2D eigenvalue weighted by molar-refractivity contribution is 8.18. The Morgan fingerprint density at radius 2 is 1.66 bits per heavy atom. The second kappa shape index (κ2) is 11.2. The van der Waals surface area contributed by atoms with Gasteiger partial charge in [-0.2, -0.15) is 0 Å². The summed E-state index contributed by atoms with van der Waals surface area (Å²) in [4.78, 5) is 2.45. The van der Waals surface area contributed by atoms with Crippen molar-refractivity contribution in [3.63, 3.8) is 0 Å². The van der Waals surface area contributed by atoms with Crippen molar-refractivity contribution >= 4 is 23.5 Å². The lowest BCUT2D eigenvalue weighted by atomic mass is 10.1. The Morgan fingerprint density at radius 1 is 0.931 bits per heavy atom. The zero-order valence-electron chi connectivity index (χ0n) is 17.9. The van der Waals surface area contributed by atoms with E-state index in [-0.39, 0.29) is 4.08 Å². The second-order valence-corrected chi connectivity index (χ2v) is 10.6. The van der Waals surface area contributed by atoms with Crippen molar-refractivity contribution in [1.82, 2.24) is 4.90 Å². The van der Waals surface area contributed by atoms with Gasteiger partial charge in [-0.15, -0.1) is 23.5 Å². The van der Waals surface area contributed by atoms with Crippen LogP contribution in [0.15, 0.2) is 48.5 Å². The van der Waals surface area contributed by atoms with Gasteiger partial charge in [0.15, 0.2) is 11.5 Å². The summed E-state index contributed by atoms with van der Waals surface area (Å²) in [7, 11) is 5.60. The lowest BCUT2D eigenvalue weighted by molar-refractivity contribution is 0.327. The van der Waals surface area contributed by atoms with Crippen LogP contribution in [0.4, 0.5) is 0 Å². The molecule has 0 radical (unpaired) electrons. The molecule has 0 unspecified atom stereocenters. The fourth-order valence-corrected chi connectivity index (χ4v) is 7.21. The Morgan fingerprint density at radius 3 is 2.34 bits per heavy atom. The van der Waals surface area contributed by atoms with E-state index in [1.54, 1.807) is 14.2 Å². The summed E-state index contributed by atoms with van der Waals surface area (Å²) in [6.07, 6.45) is 4.80. The van der Waals surface area contributed by atoms with Crippen LogP contribution in [0.5, 0.6) is 11.5 Å². The van der Waals surface area contributed by atoms with Gasteiger partial charge in [0, 0.05) is 6.54 Å². The first kappa shape index (κ1) is 22.4. The third-order valence-corrected chi connectivity index (χ3v) is 8.95. The number of thioether (sulfide) groups is 2. The molecule has 0 saturated carbocycles. The summed E-state index contributed by atoms with van der Waals surface area (Å²) < 4.78 is 11.0. The van der Waals surface area contributed by atoms with Gasteiger partial charge >= 0.3 is 0 Å². The molecule has 0 bridgehead atoms. The standard InChI is InChI=1S/C24H33NO2S2/c1-25(16-13-20-11-12-22(26-2)23(19-20)27-3)15-7-14-24(28-17-8-18-29-24)21-9-5-4-6-10-21/h4-6,9-12,19H,7-8,13-18H2,1-3H3. The van der Waals surface area contributed by atoms with E-state index < -0.39 is 0 Å². The molecule has 1 aliphatic heterocycles. The van der Waals surface area contributed by atoms with Crippen molar-refractivity contribution in [2.75, 3.05) is 45.9 Å². The van der Waals surface area contributed by atoms with Crippen LogP contribution in [0, 0.1) is 0 Å². The number of hydrogen-bond acceptors (Lipinski definition) is 5. The number of likely N-dealkylation sites (N-methyl/N-ethyl adjacent to an activating group) is 1. The maximum atomic E-state index is 5.43. The van der Waals surface area contributed by atoms with Gasteiger partial charge in [0.2, 0.25) is 0 Å². The van der Waals surface area contributed by atoms with Gasteiger partial charge in [-0.3, -0.25) is 0 Å². The molecule has 0 aliphatic carbocycles. The van der Waals surface area contributed by atoms with E-state index >= 15 is 0 Å². The number of benzene rings is 2. The molecule has 0 spiro atoms. The van der Waals surface area contributed by atoms with Crippen LogP contribution in [0.2, 0.25) is 0 Å². The Balaban J connectivity index is 1.50. The summed E-state index contributed by atoms with van der Waals surface area (Å²) in [6, 6.07) is 17.3. The molecule has 2 aromatic carbocycles. The van der Waals surface area contributed by atoms with Gasteiger partial charge in [0.05, 0.1) is 18.3 Å². The van der Waals surface area contributed by atoms with Gasteiger partial charge < -0.3 is 14.4 Å². The molecule has 1 fully saturated rings. The van der Waals surface area contributed by atoms with E-state index in [2.05, 4.69) is 77.9 Å². The molecule has 0 atom stereocenters. The van der Waals surface area contributed by atoms with Crippen LogP contribution in [0.1, 0.15) is 30.4 Å². The number of nitrogens with zero attached hydrogens (tertiary/aromatic N) is 1. The van der Waals surface area contributed by atoms with Crippen LogP contribution in [-0.4, -0.2) is 50.8 Å². The van der Waals surface area contributed by atoms with E-state index in [1.807, 2.05) is 6.07 Å². The Labute approximate surface area is 184 Å². The minimum atomic E-state index is 0.240. The average Bonchev–Trinajstić information content (AvgIpc) is 2.78. The van der Waals surface area contributed by atoms with Crippen LogP contribution in [0.25, 0.3) is 0 Å². The first-order valence-electron chi connectivity index (χ1n) is 10.4. The predicted molar refractivity (Wildman–Crippen MR) is 128 cm³/mol. The van der Waals surface area contributed by atoms with Crippen molar-refractivity contribution in [1.29, 1.82) is 0 Å². The first-order chi connectivity index (χ1) is 14.2. The summed E-state index contributed by atoms with van der Waals surface area (Å²) in [6.45, 7) is 2.18. The van der Waals surface area contributed by atoms with Gasteiger partial charge in [-0.1, -0.05) is 36.4 Å². The number of rotatable bonds is 10. The molecular weight excluding hydrogens is 398 g/mol. The number of methoxy groups -OCH3 is 2. The monoisotopic (exact) mass is 431 g/mol. The molecule has 1 heterocycles. The second-order valence-electron chi connectivity index (χ2n) is 7.52. The SMILES string of the molecule is COc1ccc(CCN(C)CCCC2(c3ccccc3)SCCCS2)cc1OC. The van der Waals surface area contributed by atoms with Crippen molar-refractivity contribution in [2.45, 2.75) is 29.8 Å². The Kier molecular flexibility index (Phi) is 8.64. The Bertz CT molecular complexity index is 748. The minimum absolute atomic E-state index is 0.240. The van der Waals surface area contributed by atoms with Gasteiger partial charge in [0.1, 0.15) is 0 Å². The number of ether oxygens (including phenoxy) is 2. The van der Waals surface area contributed by atoms with Crippen LogP contribution in [0.3, 0.4) is 0 Å². The Hall–Kier alpha value is -1.30. The molecule has 1 aliphatic rings. The lowest BCUT2D eigenvalue weighted by Gasteiger charge is -2.37. The van der Waals surface area contributed by atoms with Gasteiger partial charge in [-0.25, -0.2) is 0 Å². The van der Waals surface area contributed by atoms with Gasteiger partial charge in [-0.05, 0) is 74.0 Å². The largest absolute Gasteiger partial charge is 0.493 e. The molecular formula is C24H33NO2S2. The number of hydrogen-bond donors (Lipinski definition) is 0. The van der Waals surface area contributed by atoms with E-state index in [9.17, 15) is 0 Å². The third-order valence-electron chi connectivity index (χ3n) is 5.45. The summed E-state index contributed by atoms with van der Waals surface area (Å²) in [5.74, 6) is 4.15. The first-order valence-corrected chi connectivity index (χ1v) is 12.4. The molecule has 1 saturated heterocycles. The summed E-state index contributed by atoms with van der Waals surface area (Å²) in [5, 5.41) is 0. The normalized spacial score (nSPS) is 16.0. The molecule has 0 aromatic heterocycles. The lowest BCUT2D eigenvalue weighted by Crippen LogP contribution is -2.27. The smallest absolute Gasteiger partial charge is 0.160 e. The highest BCUT2D eigenvalue weighted by Gasteiger charge is 2.34. The van der Waals surface area contributed by atoms with Crippen molar-refractivity contribution < 1.29 is 9.47 Å². The summed E-state index contributed by atoms with van der Waals surface area (Å²) >= 11 is 4.30.